The molecule has 0 aromatic carbocycles. The van der Waals surface area contributed by atoms with Crippen LogP contribution in [0.15, 0.2) is 0 Å². The number of hydrogen-bond donors (Lipinski definition) is 2. The molecule has 4 aliphatic rings. The average molecular weight is 391 g/mol. The van der Waals surface area contributed by atoms with Crippen LogP contribution in [-0.4, -0.2) is 49.3 Å². The van der Waals surface area contributed by atoms with Gasteiger partial charge in [-0.2, -0.15) is 0 Å². The van der Waals surface area contributed by atoms with Crippen molar-refractivity contribution in [2.45, 2.75) is 90.7 Å². The molecule has 3 nitrogen and oxygen atoms in total. The number of aliphatic hydroxyl groups excluding tert-OH is 1. The number of rotatable bonds is 5. The van der Waals surface area contributed by atoms with E-state index in [1.807, 2.05) is 0 Å². The zero-order valence-electron chi connectivity index (χ0n) is 19.2. The molecular weight excluding hydrogens is 344 g/mol. The largest absolute Gasteiger partial charge is 0.393 e. The van der Waals surface area contributed by atoms with E-state index in [0.717, 1.165) is 55.5 Å². The van der Waals surface area contributed by atoms with Crippen molar-refractivity contribution >= 4 is 0 Å². The molecule has 162 valence electrons. The fourth-order valence-corrected chi connectivity index (χ4v) is 8.76. The number of nitrogens with one attached hydrogen (secondary N) is 1. The van der Waals surface area contributed by atoms with Gasteiger partial charge in [0, 0.05) is 19.1 Å². The molecule has 4 rings (SSSR count). The average Bonchev–Trinajstić information content (AvgIpc) is 2.99. The van der Waals surface area contributed by atoms with Crippen molar-refractivity contribution < 1.29 is 5.11 Å². The minimum absolute atomic E-state index is 0.0200. The van der Waals surface area contributed by atoms with E-state index in [-0.39, 0.29) is 6.10 Å². The van der Waals surface area contributed by atoms with Gasteiger partial charge in [0.05, 0.1) is 6.10 Å². The van der Waals surface area contributed by atoms with Crippen molar-refractivity contribution in [2.24, 2.45) is 40.4 Å². The molecule has 0 aromatic heterocycles. The van der Waals surface area contributed by atoms with Crippen LogP contribution in [0.5, 0.6) is 0 Å². The van der Waals surface area contributed by atoms with E-state index in [1.54, 1.807) is 0 Å². The van der Waals surface area contributed by atoms with Gasteiger partial charge in [-0.1, -0.05) is 13.8 Å². The van der Waals surface area contributed by atoms with Gasteiger partial charge in [0.25, 0.3) is 0 Å². The summed E-state index contributed by atoms with van der Waals surface area (Å²) in [7, 11) is 4.34. The van der Waals surface area contributed by atoms with Gasteiger partial charge in [0.15, 0.2) is 0 Å². The maximum absolute atomic E-state index is 10.2. The Labute approximate surface area is 174 Å². The summed E-state index contributed by atoms with van der Waals surface area (Å²) in [6, 6.07) is 0.642. The van der Waals surface area contributed by atoms with E-state index in [4.69, 9.17) is 0 Å². The summed E-state index contributed by atoms with van der Waals surface area (Å²) < 4.78 is 0. The molecule has 0 aromatic rings. The molecule has 0 amide bonds. The van der Waals surface area contributed by atoms with Gasteiger partial charge in [-0.25, -0.2) is 0 Å². The first-order valence-electron chi connectivity index (χ1n) is 12.3. The Hall–Kier alpha value is -0.120. The lowest BCUT2D eigenvalue weighted by Gasteiger charge is -2.61. The number of aliphatic hydroxyl groups is 1. The highest BCUT2D eigenvalue weighted by molar-refractivity contribution is 5.10. The quantitative estimate of drug-likeness (QED) is 0.723. The van der Waals surface area contributed by atoms with E-state index in [9.17, 15) is 5.11 Å². The topological polar surface area (TPSA) is 35.5 Å². The number of nitrogens with zero attached hydrogens (tertiary/aromatic N) is 1. The maximum Gasteiger partial charge on any atom is 0.0543 e. The van der Waals surface area contributed by atoms with E-state index in [0.29, 0.717) is 16.9 Å². The van der Waals surface area contributed by atoms with Crippen LogP contribution in [0.2, 0.25) is 0 Å². The standard InChI is InChI=1S/C25H46N2O/c1-17(26-14-15-27(4)5)21-8-9-22-20-7-6-18-16-19(28)10-12-24(18,2)23(20)11-13-25(21,22)3/h17-23,26,28H,6-16H2,1-5H3. The van der Waals surface area contributed by atoms with Crippen molar-refractivity contribution in [3.63, 3.8) is 0 Å². The van der Waals surface area contributed by atoms with Gasteiger partial charge in [0.2, 0.25) is 0 Å². The molecule has 0 spiro atoms. The summed E-state index contributed by atoms with van der Waals surface area (Å²) in [6.45, 7) is 9.98. The van der Waals surface area contributed by atoms with Crippen molar-refractivity contribution in [1.29, 1.82) is 0 Å². The fourth-order valence-electron chi connectivity index (χ4n) is 8.76. The van der Waals surface area contributed by atoms with Crippen molar-refractivity contribution in [3.8, 4) is 0 Å². The normalized spacial score (nSPS) is 49.4. The first kappa shape index (κ1) is 21.1. The van der Waals surface area contributed by atoms with Gasteiger partial charge in [-0.05, 0) is 119 Å². The summed E-state index contributed by atoms with van der Waals surface area (Å²) in [5.74, 6) is 4.45. The second kappa shape index (κ2) is 7.85. The molecule has 0 heterocycles. The summed E-state index contributed by atoms with van der Waals surface area (Å²) in [5, 5.41) is 14.1. The monoisotopic (exact) mass is 390 g/mol. The summed E-state index contributed by atoms with van der Waals surface area (Å²) in [6.07, 6.45) is 12.0. The van der Waals surface area contributed by atoms with Gasteiger partial charge in [-0.15, -0.1) is 0 Å². The van der Waals surface area contributed by atoms with Crippen LogP contribution in [0.1, 0.15) is 78.6 Å². The van der Waals surface area contributed by atoms with Gasteiger partial charge in [-0.3, -0.25) is 0 Å². The van der Waals surface area contributed by atoms with Crippen LogP contribution in [0.4, 0.5) is 0 Å². The lowest BCUT2D eigenvalue weighted by Crippen LogP contribution is -2.55. The Morgan fingerprint density at radius 2 is 1.68 bits per heavy atom. The van der Waals surface area contributed by atoms with Crippen LogP contribution < -0.4 is 5.32 Å². The van der Waals surface area contributed by atoms with E-state index in [1.165, 1.54) is 44.9 Å². The van der Waals surface area contributed by atoms with Crippen molar-refractivity contribution in [2.75, 3.05) is 27.2 Å². The summed E-state index contributed by atoms with van der Waals surface area (Å²) in [5.41, 5.74) is 1.06. The van der Waals surface area contributed by atoms with Crippen molar-refractivity contribution in [1.82, 2.24) is 10.2 Å². The summed E-state index contributed by atoms with van der Waals surface area (Å²) >= 11 is 0. The molecule has 0 aliphatic heterocycles. The SMILES string of the molecule is CC(NCCN(C)C)C1CCC2C3CCC4CC(O)CCC4(C)C3CCC12C. The summed E-state index contributed by atoms with van der Waals surface area (Å²) in [4.78, 5) is 2.28. The van der Waals surface area contributed by atoms with Crippen molar-refractivity contribution in [3.05, 3.63) is 0 Å². The number of likely N-dealkylation sites (N-methyl/N-ethyl adjacent to an activating group) is 1. The van der Waals surface area contributed by atoms with Crippen LogP contribution in [0.3, 0.4) is 0 Å². The molecular formula is C25H46N2O. The van der Waals surface area contributed by atoms with Gasteiger partial charge in [0.1, 0.15) is 0 Å². The van der Waals surface area contributed by atoms with Crippen LogP contribution in [0.25, 0.3) is 0 Å². The van der Waals surface area contributed by atoms with E-state index in [2.05, 4.69) is 45.1 Å². The van der Waals surface area contributed by atoms with Crippen LogP contribution in [0, 0.1) is 40.4 Å². The smallest absolute Gasteiger partial charge is 0.0543 e. The third-order valence-electron chi connectivity index (χ3n) is 10.3. The maximum atomic E-state index is 10.2. The number of fused-ring (bicyclic) bond motifs is 5. The third-order valence-corrected chi connectivity index (χ3v) is 10.3. The molecule has 9 unspecified atom stereocenters. The Morgan fingerprint density at radius 1 is 0.964 bits per heavy atom. The first-order chi connectivity index (χ1) is 13.3. The second-order valence-electron chi connectivity index (χ2n) is 11.9. The first-order valence-corrected chi connectivity index (χ1v) is 12.3. The highest BCUT2D eigenvalue weighted by Gasteiger charge is 2.60. The Morgan fingerprint density at radius 3 is 2.43 bits per heavy atom. The zero-order chi connectivity index (χ0) is 20.1. The molecule has 0 saturated heterocycles. The van der Waals surface area contributed by atoms with Crippen LogP contribution in [-0.2, 0) is 0 Å². The fraction of sp³-hybridized carbons (Fsp3) is 1.00. The zero-order valence-corrected chi connectivity index (χ0v) is 19.2. The minimum atomic E-state index is -0.0200. The van der Waals surface area contributed by atoms with E-state index < -0.39 is 0 Å². The van der Waals surface area contributed by atoms with E-state index >= 15 is 0 Å². The molecule has 2 N–H and O–H groups in total. The molecule has 3 heteroatoms. The predicted octanol–water partition coefficient (Wildman–Crippen LogP) is 4.55. The predicted molar refractivity (Wildman–Crippen MR) is 117 cm³/mol. The molecule has 28 heavy (non-hydrogen) atoms. The molecule has 4 aliphatic carbocycles. The Balaban J connectivity index is 1.46. The molecule has 0 bridgehead atoms. The van der Waals surface area contributed by atoms with Gasteiger partial charge < -0.3 is 15.3 Å². The molecule has 4 saturated carbocycles. The molecule has 0 radical (unpaired) electrons. The van der Waals surface area contributed by atoms with Gasteiger partial charge >= 0.3 is 0 Å². The van der Waals surface area contributed by atoms with Crippen LogP contribution >= 0.6 is 0 Å². The lowest BCUT2D eigenvalue weighted by atomic mass is 9.44. The second-order valence-corrected chi connectivity index (χ2v) is 11.9. The molecule has 4 fully saturated rings. The third kappa shape index (κ3) is 3.48. The molecule has 9 atom stereocenters. The highest BCUT2D eigenvalue weighted by Crippen LogP contribution is 2.67. The highest BCUT2D eigenvalue weighted by atomic mass is 16.3. The minimum Gasteiger partial charge on any atom is -0.393 e. The number of hydrogen-bond acceptors (Lipinski definition) is 3. The lowest BCUT2D eigenvalue weighted by molar-refractivity contribution is -0.127. The Kier molecular flexibility index (Phi) is 5.92. The Bertz CT molecular complexity index is 551.